The van der Waals surface area contributed by atoms with E-state index in [9.17, 15) is 0 Å². The Kier molecular flexibility index (Phi) is 1.81. The molecule has 2 heteroatoms. The number of rotatable bonds is 0. The molecule has 1 aliphatic carbocycles. The molecular formula is C14H14N2. The lowest BCUT2D eigenvalue weighted by Crippen LogP contribution is -2.42. The summed E-state index contributed by atoms with van der Waals surface area (Å²) in [7, 11) is 0. The van der Waals surface area contributed by atoms with Gasteiger partial charge in [0.1, 0.15) is 0 Å². The highest BCUT2D eigenvalue weighted by atomic mass is 14.9. The Morgan fingerprint density at radius 3 is 3.06 bits per heavy atom. The molecular weight excluding hydrogens is 196 g/mol. The molecule has 0 atom stereocenters. The Hall–Kier alpha value is -1.83. The van der Waals surface area contributed by atoms with Crippen LogP contribution in [0, 0.1) is 5.41 Å². The van der Waals surface area contributed by atoms with E-state index in [0.717, 1.165) is 11.0 Å². The van der Waals surface area contributed by atoms with E-state index in [-0.39, 0.29) is 5.41 Å². The van der Waals surface area contributed by atoms with Gasteiger partial charge in [-0.3, -0.25) is 4.98 Å². The Morgan fingerprint density at radius 2 is 2.19 bits per heavy atom. The predicted molar refractivity (Wildman–Crippen MR) is 65.5 cm³/mol. The maximum absolute atomic E-state index is 4.46. The highest BCUT2D eigenvalue weighted by molar-refractivity contribution is 5.73. The first kappa shape index (κ1) is 9.40. The van der Waals surface area contributed by atoms with Crippen molar-refractivity contribution in [3.63, 3.8) is 0 Å². The van der Waals surface area contributed by atoms with Gasteiger partial charge < -0.3 is 5.32 Å². The molecule has 0 radical (unpaired) electrons. The Balaban J connectivity index is 2.46. The number of fused-ring (bicyclic) bond motifs is 2. The second-order valence-electron chi connectivity index (χ2n) is 4.77. The zero-order valence-corrected chi connectivity index (χ0v) is 9.49. The minimum atomic E-state index is 0.0587. The second kappa shape index (κ2) is 3.08. The van der Waals surface area contributed by atoms with Crippen molar-refractivity contribution in [2.45, 2.75) is 13.8 Å². The molecule has 1 aromatic heterocycles. The molecule has 0 bridgehead atoms. The second-order valence-corrected chi connectivity index (χ2v) is 4.77. The normalized spacial score (nSPS) is 20.1. The van der Waals surface area contributed by atoms with Gasteiger partial charge in [0.15, 0.2) is 0 Å². The first-order valence-electron chi connectivity index (χ1n) is 5.51. The summed E-state index contributed by atoms with van der Waals surface area (Å²) in [6.07, 6.45) is 10.3. The third kappa shape index (κ3) is 1.23. The van der Waals surface area contributed by atoms with E-state index >= 15 is 0 Å². The van der Waals surface area contributed by atoms with Gasteiger partial charge in [0, 0.05) is 17.8 Å². The number of pyridine rings is 1. The third-order valence-corrected chi connectivity index (χ3v) is 3.14. The van der Waals surface area contributed by atoms with Crippen LogP contribution in [-0.2, 0) is 0 Å². The smallest absolute Gasteiger partial charge is 0.0936 e. The SMILES string of the molecule is CC1(C)C=c2cccnc2=C2NC=CC=C21. The van der Waals surface area contributed by atoms with Crippen LogP contribution in [-0.4, -0.2) is 4.98 Å². The van der Waals surface area contributed by atoms with Crippen LogP contribution in [0.2, 0.25) is 0 Å². The largest absolute Gasteiger partial charge is 0.360 e. The fourth-order valence-corrected chi connectivity index (χ4v) is 2.38. The van der Waals surface area contributed by atoms with Gasteiger partial charge in [0.05, 0.1) is 11.0 Å². The summed E-state index contributed by atoms with van der Waals surface area (Å²) in [4.78, 5) is 4.46. The van der Waals surface area contributed by atoms with Crippen molar-refractivity contribution in [3.05, 3.63) is 52.8 Å². The zero-order chi connectivity index (χ0) is 11.2. The Bertz CT molecular complexity index is 618. The van der Waals surface area contributed by atoms with Crippen LogP contribution < -0.4 is 15.9 Å². The van der Waals surface area contributed by atoms with Crippen LogP contribution in [0.4, 0.5) is 0 Å². The summed E-state index contributed by atoms with van der Waals surface area (Å²) < 4.78 is 0. The van der Waals surface area contributed by atoms with E-state index in [1.807, 2.05) is 24.5 Å². The van der Waals surface area contributed by atoms with Crippen LogP contribution in [0.25, 0.3) is 11.8 Å². The number of nitrogens with one attached hydrogen (secondary N) is 1. The Labute approximate surface area is 94.7 Å². The van der Waals surface area contributed by atoms with Crippen molar-refractivity contribution in [1.82, 2.24) is 10.3 Å². The van der Waals surface area contributed by atoms with Gasteiger partial charge in [-0.2, -0.15) is 0 Å². The standard InChI is InChI=1S/C14H14N2/c1-14(2)9-10-5-3-7-15-12(10)13-11(14)6-4-8-16-13/h3-9,16H,1-2H3. The molecule has 0 unspecified atom stereocenters. The van der Waals surface area contributed by atoms with E-state index in [1.165, 1.54) is 10.8 Å². The molecule has 0 fully saturated rings. The van der Waals surface area contributed by atoms with E-state index in [4.69, 9.17) is 0 Å². The number of dihydropyridines is 1. The molecule has 1 N–H and O–H groups in total. The molecule has 0 saturated carbocycles. The average Bonchev–Trinajstić information content (AvgIpc) is 2.29. The molecule has 2 heterocycles. The van der Waals surface area contributed by atoms with Crippen molar-refractivity contribution < 1.29 is 0 Å². The minimum Gasteiger partial charge on any atom is -0.360 e. The minimum absolute atomic E-state index is 0.0587. The molecule has 0 aromatic carbocycles. The first-order valence-corrected chi connectivity index (χ1v) is 5.51. The van der Waals surface area contributed by atoms with Crippen molar-refractivity contribution in [1.29, 1.82) is 0 Å². The molecule has 16 heavy (non-hydrogen) atoms. The maximum atomic E-state index is 4.46. The van der Waals surface area contributed by atoms with Crippen molar-refractivity contribution in [3.8, 4) is 0 Å². The van der Waals surface area contributed by atoms with E-state index in [0.29, 0.717) is 0 Å². The molecule has 1 aromatic rings. The molecule has 0 spiro atoms. The quantitative estimate of drug-likeness (QED) is 0.692. The monoisotopic (exact) mass is 210 g/mol. The van der Waals surface area contributed by atoms with Gasteiger partial charge in [-0.25, -0.2) is 0 Å². The van der Waals surface area contributed by atoms with Gasteiger partial charge in [-0.05, 0) is 22.9 Å². The van der Waals surface area contributed by atoms with Gasteiger partial charge in [0.25, 0.3) is 0 Å². The molecule has 80 valence electrons. The summed E-state index contributed by atoms with van der Waals surface area (Å²) in [5, 5.41) is 5.58. The molecule has 0 saturated heterocycles. The summed E-state index contributed by atoms with van der Waals surface area (Å²) >= 11 is 0. The lowest BCUT2D eigenvalue weighted by atomic mass is 9.78. The number of hydrogen-bond acceptors (Lipinski definition) is 2. The van der Waals surface area contributed by atoms with Gasteiger partial charge >= 0.3 is 0 Å². The maximum Gasteiger partial charge on any atom is 0.0936 e. The topological polar surface area (TPSA) is 24.9 Å². The van der Waals surface area contributed by atoms with Crippen LogP contribution in [0.3, 0.4) is 0 Å². The molecule has 1 aliphatic heterocycles. The van der Waals surface area contributed by atoms with Crippen LogP contribution >= 0.6 is 0 Å². The lowest BCUT2D eigenvalue weighted by Gasteiger charge is -2.30. The average molecular weight is 210 g/mol. The van der Waals surface area contributed by atoms with Crippen LogP contribution in [0.5, 0.6) is 0 Å². The fourth-order valence-electron chi connectivity index (χ4n) is 2.38. The summed E-state index contributed by atoms with van der Waals surface area (Å²) in [6, 6.07) is 4.10. The summed E-state index contributed by atoms with van der Waals surface area (Å²) in [6.45, 7) is 4.46. The molecule has 2 nitrogen and oxygen atoms in total. The molecule has 0 amide bonds. The van der Waals surface area contributed by atoms with Crippen molar-refractivity contribution in [2.75, 3.05) is 0 Å². The van der Waals surface area contributed by atoms with Gasteiger partial charge in [0.2, 0.25) is 0 Å². The van der Waals surface area contributed by atoms with Crippen molar-refractivity contribution in [2.24, 2.45) is 5.41 Å². The fraction of sp³-hybridized carbons (Fsp3) is 0.214. The first-order chi connectivity index (χ1) is 7.68. The van der Waals surface area contributed by atoms with Crippen LogP contribution in [0.15, 0.2) is 42.3 Å². The number of aromatic nitrogens is 1. The van der Waals surface area contributed by atoms with Gasteiger partial charge in [-0.15, -0.1) is 0 Å². The predicted octanol–water partition coefficient (Wildman–Crippen LogP) is 1.05. The highest BCUT2D eigenvalue weighted by Crippen LogP contribution is 2.34. The number of allylic oxidation sites excluding steroid dienone is 2. The molecule has 2 aliphatic rings. The lowest BCUT2D eigenvalue weighted by molar-refractivity contribution is 0.626. The summed E-state index contributed by atoms with van der Waals surface area (Å²) in [5.41, 5.74) is 2.51. The van der Waals surface area contributed by atoms with Crippen molar-refractivity contribution >= 4 is 11.8 Å². The zero-order valence-electron chi connectivity index (χ0n) is 9.49. The van der Waals surface area contributed by atoms with E-state index in [1.54, 1.807) is 0 Å². The number of nitrogens with zero attached hydrogens (tertiary/aromatic N) is 1. The Morgan fingerprint density at radius 1 is 1.31 bits per heavy atom. The number of hydrogen-bond donors (Lipinski definition) is 1. The van der Waals surface area contributed by atoms with E-state index in [2.05, 4.69) is 42.4 Å². The van der Waals surface area contributed by atoms with Crippen LogP contribution in [0.1, 0.15) is 13.8 Å². The third-order valence-electron chi connectivity index (χ3n) is 3.14. The van der Waals surface area contributed by atoms with Gasteiger partial charge in [-0.1, -0.05) is 32.1 Å². The summed E-state index contributed by atoms with van der Waals surface area (Å²) in [5.74, 6) is 0. The highest BCUT2D eigenvalue weighted by Gasteiger charge is 2.27. The van der Waals surface area contributed by atoms with E-state index < -0.39 is 0 Å². The molecule has 3 rings (SSSR count).